The zero-order valence-corrected chi connectivity index (χ0v) is 92.0. The molecule has 0 saturated heterocycles. The van der Waals surface area contributed by atoms with Crippen molar-refractivity contribution < 1.29 is 37.9 Å². The van der Waals surface area contributed by atoms with E-state index in [-0.39, 0.29) is 46.8 Å². The van der Waals surface area contributed by atoms with Crippen LogP contribution in [0.3, 0.4) is 0 Å². The van der Waals surface area contributed by atoms with Crippen LogP contribution in [0.15, 0.2) is 142 Å². The molecule has 132 heavy (non-hydrogen) atoms. The first-order chi connectivity index (χ1) is 62.1. The highest BCUT2D eigenvalue weighted by Crippen LogP contribution is 2.65. The molecule has 12 aliphatic rings. The summed E-state index contributed by atoms with van der Waals surface area (Å²) in [7, 11) is 14.7. The van der Waals surface area contributed by atoms with E-state index in [4.69, 9.17) is 37.9 Å². The molecule has 0 bridgehead atoms. The van der Waals surface area contributed by atoms with Gasteiger partial charge in [-0.25, -0.2) is 0 Å². The van der Waals surface area contributed by atoms with Gasteiger partial charge in [0.05, 0.1) is 46.8 Å². The van der Waals surface area contributed by atoms with Crippen molar-refractivity contribution in [3.8, 4) is 0 Å². The molecule has 28 atom stereocenters. The summed E-state index contributed by atoms with van der Waals surface area (Å²) >= 11 is 0. The predicted molar refractivity (Wildman–Crippen MR) is 565 cm³/mol. The molecule has 12 aliphatic carbocycles. The first-order valence-electron chi connectivity index (χ1n) is 54.7. The lowest BCUT2D eigenvalue weighted by Gasteiger charge is -2.45. The van der Waals surface area contributed by atoms with Crippen molar-refractivity contribution in [3.63, 3.8) is 0 Å². The Hall–Kier alpha value is -3.44. The molecule has 0 N–H and O–H groups in total. The van der Waals surface area contributed by atoms with Gasteiger partial charge in [-0.15, -0.1) is 0 Å². The van der Waals surface area contributed by atoms with Crippen LogP contribution >= 0.6 is 0 Å². The SMILES string of the molecule is C=C1[C@H](C)C/C(=C/C=C2\CCC[C@@]3(C)C2CCC3[C@@H](C)[C@@H](C)CCC(C)(C)OC)C[C@H]1OC.C=C1[C@H](C)C/C(=C/C=C2\CCC[C@@]3(C)C2CCC3[C@@H](C)[C@H](C)CCC(C)(C)OC)C[C@H]1OC.C=C1[C@H](C)C/C(=C/C=C2\CCC[C@@]3(C)C2CCC3[C@H](C)[C@@H](C)CCC(C)(C)OC)C[C@H]1OC.C=C1[C@H](C)C/C(=C/C=C2\CCC[C@@]3(C)C2CCC3[C@H](C)[C@H](C)CCC(C)(C)OC)C[C@H]1OC. The molecular formula is C124H208O8. The lowest BCUT2D eigenvalue weighted by molar-refractivity contribution is 0.00424. The van der Waals surface area contributed by atoms with E-state index in [9.17, 15) is 0 Å². The Bertz CT molecular complexity index is 3480. The Morgan fingerprint density at radius 2 is 0.470 bits per heavy atom. The van der Waals surface area contributed by atoms with Crippen LogP contribution in [0.5, 0.6) is 0 Å². The number of methoxy groups -OCH3 is 8. The van der Waals surface area contributed by atoms with Gasteiger partial charge in [-0.3, -0.25) is 0 Å². The van der Waals surface area contributed by atoms with Crippen LogP contribution in [-0.4, -0.2) is 104 Å². The normalized spacial score (nSPS) is 37.4. The monoisotopic (exact) mass is 1830 g/mol. The molecule has 0 aromatic rings. The molecular weight excluding hydrogens is 1620 g/mol. The van der Waals surface area contributed by atoms with Gasteiger partial charge in [-0.1, -0.05) is 230 Å². The largest absolute Gasteiger partial charge is 0.379 e. The van der Waals surface area contributed by atoms with Gasteiger partial charge in [0.15, 0.2) is 0 Å². The van der Waals surface area contributed by atoms with Crippen LogP contribution in [0.25, 0.3) is 0 Å². The third-order valence-corrected chi connectivity index (χ3v) is 40.8. The molecule has 0 amide bonds. The molecule has 752 valence electrons. The summed E-state index contributed by atoms with van der Waals surface area (Å²) in [6, 6.07) is 0. The van der Waals surface area contributed by atoms with E-state index in [0.29, 0.717) is 45.3 Å². The van der Waals surface area contributed by atoms with Gasteiger partial charge in [-0.05, 0) is 449 Å². The average Bonchev–Trinajstić information content (AvgIpc) is 1.61. The molecule has 12 fully saturated rings. The minimum atomic E-state index is -0.00482. The number of fused-ring (bicyclic) bond motifs is 4. The molecule has 8 unspecified atom stereocenters. The first kappa shape index (κ1) is 112. The van der Waals surface area contributed by atoms with E-state index in [2.05, 4.69) is 241 Å². The van der Waals surface area contributed by atoms with Crippen LogP contribution < -0.4 is 0 Å². The highest BCUT2D eigenvalue weighted by Gasteiger charge is 2.56. The van der Waals surface area contributed by atoms with Crippen molar-refractivity contribution >= 4 is 0 Å². The second-order valence-electron chi connectivity index (χ2n) is 50.4. The zero-order valence-electron chi connectivity index (χ0n) is 92.0. The van der Waals surface area contributed by atoms with E-state index in [1.165, 1.54) is 176 Å². The summed E-state index contributed by atoms with van der Waals surface area (Å²) in [6.45, 7) is 74.7. The van der Waals surface area contributed by atoms with Crippen LogP contribution in [0.1, 0.15) is 397 Å². The fourth-order valence-corrected chi connectivity index (χ4v) is 29.5. The molecule has 8 nitrogen and oxygen atoms in total. The van der Waals surface area contributed by atoms with Gasteiger partial charge >= 0.3 is 0 Å². The second-order valence-corrected chi connectivity index (χ2v) is 50.4. The minimum Gasteiger partial charge on any atom is -0.379 e. The van der Waals surface area contributed by atoms with Gasteiger partial charge in [0, 0.05) is 56.9 Å². The van der Waals surface area contributed by atoms with Gasteiger partial charge in [0.2, 0.25) is 0 Å². The summed E-state index contributed by atoms with van der Waals surface area (Å²) in [5.41, 5.74) is 20.0. The van der Waals surface area contributed by atoms with Crippen molar-refractivity contribution in [1.82, 2.24) is 0 Å². The summed E-state index contributed by atoms with van der Waals surface area (Å²) in [4.78, 5) is 0. The molecule has 12 rings (SSSR count). The molecule has 0 aliphatic heterocycles. The van der Waals surface area contributed by atoms with Crippen LogP contribution in [0, 0.1) is 140 Å². The van der Waals surface area contributed by atoms with Crippen molar-refractivity contribution in [2.24, 2.45) is 140 Å². The van der Waals surface area contributed by atoms with E-state index in [0.717, 1.165) is 172 Å². The molecule has 0 heterocycles. The highest BCUT2D eigenvalue weighted by atomic mass is 16.5. The minimum absolute atomic E-state index is 0.00482. The lowest BCUT2D eigenvalue weighted by Crippen LogP contribution is -2.37. The Labute approximate surface area is 815 Å². The van der Waals surface area contributed by atoms with Crippen molar-refractivity contribution in [3.05, 3.63) is 142 Å². The Morgan fingerprint density at radius 3 is 0.636 bits per heavy atom. The highest BCUT2D eigenvalue weighted by molar-refractivity contribution is 5.35. The third-order valence-electron chi connectivity index (χ3n) is 40.8. The molecule has 0 aromatic carbocycles. The number of hydrogen-bond donors (Lipinski definition) is 0. The molecule has 12 saturated carbocycles. The van der Waals surface area contributed by atoms with Gasteiger partial charge in [0.25, 0.3) is 0 Å². The van der Waals surface area contributed by atoms with Crippen molar-refractivity contribution in [2.45, 2.75) is 444 Å². The Morgan fingerprint density at radius 1 is 0.288 bits per heavy atom. The van der Waals surface area contributed by atoms with Gasteiger partial charge in [-0.2, -0.15) is 0 Å². The maximum Gasteiger partial charge on any atom is 0.0818 e. The maximum atomic E-state index is 5.72. The Balaban J connectivity index is 0.000000198. The van der Waals surface area contributed by atoms with Crippen LogP contribution in [-0.2, 0) is 37.9 Å². The van der Waals surface area contributed by atoms with Gasteiger partial charge < -0.3 is 37.9 Å². The standard InChI is InChI=1S/4C31H52O2/c4*1-21(16-18-30(5,6)33-9)23(3)27-14-15-28-26(11-10-17-31(27,28)7)13-12-25-19-22(2)24(4)29(20-25)32-8/h4*12-13,21-23,27-29H,4,10-11,14-20H2,1-3,5-9H3/b4*25-12-,26-13+/t21-,22+,23+,27?,28?,29+,31+;21-,22+,23-,27?,28?,29+,31+;21-,22-,23+,27?,28?,29-,31-;21-,22-,23-,27?,28?,29-,31-/m0011/s1. The molecule has 0 aromatic heterocycles. The molecule has 0 spiro atoms. The van der Waals surface area contributed by atoms with Crippen molar-refractivity contribution in [2.75, 3.05) is 56.9 Å². The van der Waals surface area contributed by atoms with Crippen LogP contribution in [0.4, 0.5) is 0 Å². The predicted octanol–water partition coefficient (Wildman–Crippen LogP) is 34.1. The zero-order chi connectivity index (χ0) is 97.6. The van der Waals surface area contributed by atoms with Crippen LogP contribution in [0.2, 0.25) is 0 Å². The summed E-state index contributed by atoms with van der Waals surface area (Å²) < 4.78 is 45.7. The quantitative estimate of drug-likeness (QED) is 0.0617. The fourth-order valence-electron chi connectivity index (χ4n) is 29.5. The fraction of sp³-hybridized carbons (Fsp3) is 0.806. The number of ether oxygens (including phenoxy) is 8. The van der Waals surface area contributed by atoms with E-state index >= 15 is 0 Å². The number of rotatable bonds is 32. The summed E-state index contributed by atoms with van der Waals surface area (Å²) in [6.07, 6.45) is 66.3. The summed E-state index contributed by atoms with van der Waals surface area (Å²) in [5.74, 6) is 14.6. The topological polar surface area (TPSA) is 73.8 Å². The number of hydrogen-bond acceptors (Lipinski definition) is 8. The number of allylic oxidation sites excluding steroid dienone is 12. The molecule has 8 heteroatoms. The molecule has 0 radical (unpaired) electrons. The lowest BCUT2D eigenvalue weighted by atomic mass is 9.59. The van der Waals surface area contributed by atoms with Crippen molar-refractivity contribution in [1.29, 1.82) is 0 Å². The smallest absolute Gasteiger partial charge is 0.0818 e. The average molecular weight is 1830 g/mol. The first-order valence-corrected chi connectivity index (χ1v) is 54.7. The third kappa shape index (κ3) is 27.7. The van der Waals surface area contributed by atoms with E-state index in [1.807, 2.05) is 56.9 Å². The van der Waals surface area contributed by atoms with E-state index < -0.39 is 0 Å². The maximum absolute atomic E-state index is 5.72. The van der Waals surface area contributed by atoms with E-state index in [1.54, 1.807) is 44.6 Å². The van der Waals surface area contributed by atoms with Gasteiger partial charge in [0.1, 0.15) is 0 Å². The Kier molecular flexibility index (Phi) is 41.5. The second kappa shape index (κ2) is 48.8. The summed E-state index contributed by atoms with van der Waals surface area (Å²) in [5, 5.41) is 0.